The van der Waals surface area contributed by atoms with Crippen LogP contribution >= 0.6 is 0 Å². The second kappa shape index (κ2) is 9.35. The lowest BCUT2D eigenvalue weighted by atomic mass is 10.2. The third-order valence-electron chi connectivity index (χ3n) is 4.86. The van der Waals surface area contributed by atoms with Crippen LogP contribution in [0.25, 0.3) is 0 Å². The van der Waals surface area contributed by atoms with Gasteiger partial charge in [0.15, 0.2) is 0 Å². The van der Waals surface area contributed by atoms with E-state index in [-0.39, 0.29) is 5.91 Å². The van der Waals surface area contributed by atoms with Gasteiger partial charge in [0.25, 0.3) is 5.91 Å². The zero-order valence-corrected chi connectivity index (χ0v) is 17.0. The van der Waals surface area contributed by atoms with Crippen molar-refractivity contribution in [2.45, 2.75) is 51.7 Å². The largest absolute Gasteiger partial charge is 0.322 e. The summed E-state index contributed by atoms with van der Waals surface area (Å²) in [6, 6.07) is 18.4. The fourth-order valence-corrected chi connectivity index (χ4v) is 5.53. The van der Waals surface area contributed by atoms with Crippen molar-refractivity contribution in [3.63, 3.8) is 0 Å². The van der Waals surface area contributed by atoms with Crippen LogP contribution < -0.4 is 10.5 Å². The van der Waals surface area contributed by atoms with Gasteiger partial charge in [0.05, 0.1) is 19.7 Å². The second-order valence-electron chi connectivity index (χ2n) is 7.42. The van der Waals surface area contributed by atoms with E-state index < -0.39 is 8.07 Å². The lowest BCUT2D eigenvalue weighted by molar-refractivity contribution is 0.102. The lowest BCUT2D eigenvalue weighted by Gasteiger charge is -2.23. The molecule has 2 aromatic carbocycles. The highest BCUT2D eigenvalue weighted by Gasteiger charge is 2.22. The molecular formula is C22H28N2OSi. The molecule has 0 aliphatic heterocycles. The van der Waals surface area contributed by atoms with E-state index >= 15 is 0 Å². The quantitative estimate of drug-likeness (QED) is 0.510. The van der Waals surface area contributed by atoms with Crippen molar-refractivity contribution >= 4 is 24.9 Å². The SMILES string of the molecule is CCCCCC[Si](C)(C)c1ccc(C(=O)Nc2ccc(C#N)cc2)cc1. The summed E-state index contributed by atoms with van der Waals surface area (Å²) in [6.45, 7) is 7.06. The molecule has 3 nitrogen and oxygen atoms in total. The molecule has 2 aromatic rings. The Morgan fingerprint density at radius 3 is 2.23 bits per heavy atom. The Morgan fingerprint density at radius 1 is 1.00 bits per heavy atom. The van der Waals surface area contributed by atoms with Crippen LogP contribution in [0.2, 0.25) is 19.1 Å². The van der Waals surface area contributed by atoms with Gasteiger partial charge < -0.3 is 5.32 Å². The predicted molar refractivity (Wildman–Crippen MR) is 112 cm³/mol. The van der Waals surface area contributed by atoms with Crippen molar-refractivity contribution in [3.05, 3.63) is 59.7 Å². The average Bonchev–Trinajstić information content (AvgIpc) is 2.66. The average molecular weight is 365 g/mol. The summed E-state index contributed by atoms with van der Waals surface area (Å²) in [6.07, 6.45) is 5.20. The van der Waals surface area contributed by atoms with E-state index in [1.807, 2.05) is 12.1 Å². The lowest BCUT2D eigenvalue weighted by Crippen LogP contribution is -2.41. The minimum absolute atomic E-state index is 0.122. The van der Waals surface area contributed by atoms with Gasteiger partial charge in [0.2, 0.25) is 0 Å². The summed E-state index contributed by atoms with van der Waals surface area (Å²) in [5.74, 6) is -0.122. The Bertz CT molecular complexity index is 758. The number of carbonyl (C=O) groups is 1. The van der Waals surface area contributed by atoms with Gasteiger partial charge in [-0.2, -0.15) is 5.26 Å². The third-order valence-corrected chi connectivity index (χ3v) is 8.36. The zero-order chi connectivity index (χ0) is 19.0. The van der Waals surface area contributed by atoms with Gasteiger partial charge in [0.1, 0.15) is 0 Å². The van der Waals surface area contributed by atoms with Crippen LogP contribution in [0.15, 0.2) is 48.5 Å². The Hall–Kier alpha value is -2.38. The number of anilines is 1. The molecule has 136 valence electrons. The summed E-state index contributed by atoms with van der Waals surface area (Å²) in [7, 11) is -1.43. The molecule has 0 unspecified atom stereocenters. The molecule has 0 atom stereocenters. The molecule has 26 heavy (non-hydrogen) atoms. The molecule has 4 heteroatoms. The van der Waals surface area contributed by atoms with Crippen LogP contribution in [0.1, 0.15) is 48.5 Å². The van der Waals surface area contributed by atoms with Crippen LogP contribution in [0, 0.1) is 11.3 Å². The van der Waals surface area contributed by atoms with Crippen LogP contribution in [-0.2, 0) is 0 Å². The number of unbranched alkanes of at least 4 members (excludes halogenated alkanes) is 3. The number of hydrogen-bond acceptors (Lipinski definition) is 2. The maximum absolute atomic E-state index is 12.4. The zero-order valence-electron chi connectivity index (χ0n) is 16.0. The highest BCUT2D eigenvalue weighted by Crippen LogP contribution is 2.17. The number of carbonyl (C=O) groups excluding carboxylic acids is 1. The summed E-state index contributed by atoms with van der Waals surface area (Å²) >= 11 is 0. The van der Waals surface area contributed by atoms with Crippen LogP contribution in [0.5, 0.6) is 0 Å². The van der Waals surface area contributed by atoms with Crippen molar-refractivity contribution in [2.75, 3.05) is 5.32 Å². The highest BCUT2D eigenvalue weighted by molar-refractivity contribution is 6.89. The Morgan fingerprint density at radius 2 is 1.65 bits per heavy atom. The van der Waals surface area contributed by atoms with Crippen molar-refractivity contribution < 1.29 is 4.79 Å². The van der Waals surface area contributed by atoms with E-state index in [2.05, 4.69) is 43.5 Å². The number of amides is 1. The molecule has 0 radical (unpaired) electrons. The predicted octanol–water partition coefficient (Wildman–Crippen LogP) is 5.31. The topological polar surface area (TPSA) is 52.9 Å². The Balaban J connectivity index is 1.98. The van der Waals surface area contributed by atoms with Gasteiger partial charge in [0, 0.05) is 11.3 Å². The summed E-state index contributed by atoms with van der Waals surface area (Å²) < 4.78 is 0. The molecule has 0 fully saturated rings. The molecule has 0 saturated heterocycles. The first-order valence-electron chi connectivity index (χ1n) is 9.38. The van der Waals surface area contributed by atoms with Gasteiger partial charge in [-0.3, -0.25) is 4.79 Å². The highest BCUT2D eigenvalue weighted by atomic mass is 28.3. The normalized spacial score (nSPS) is 11.0. The fourth-order valence-electron chi connectivity index (χ4n) is 3.04. The summed E-state index contributed by atoms with van der Waals surface area (Å²) in [4.78, 5) is 12.4. The Labute approximate surface area is 158 Å². The molecule has 0 aliphatic carbocycles. The molecule has 0 bridgehead atoms. The molecular weight excluding hydrogens is 336 g/mol. The van der Waals surface area contributed by atoms with Crippen molar-refractivity contribution in [1.29, 1.82) is 5.26 Å². The molecule has 1 amide bonds. The standard InChI is InChI=1S/C22H28N2OSi/c1-4-5-6-7-16-26(2,3)21-14-10-19(11-15-21)22(25)24-20-12-8-18(17-23)9-13-20/h8-15H,4-7,16H2,1-3H3,(H,24,25). The minimum Gasteiger partial charge on any atom is -0.322 e. The molecule has 0 aliphatic rings. The maximum Gasteiger partial charge on any atom is 0.255 e. The van der Waals surface area contributed by atoms with Crippen LogP contribution in [0.3, 0.4) is 0 Å². The number of rotatable bonds is 8. The number of nitrogens with one attached hydrogen (secondary N) is 1. The summed E-state index contributed by atoms with van der Waals surface area (Å²) in [5, 5.41) is 13.1. The second-order valence-corrected chi connectivity index (χ2v) is 12.3. The number of nitrogens with zero attached hydrogens (tertiary/aromatic N) is 1. The molecule has 1 N–H and O–H groups in total. The molecule has 2 rings (SSSR count). The number of hydrogen-bond donors (Lipinski definition) is 1. The maximum atomic E-state index is 12.4. The van der Waals surface area contributed by atoms with Crippen LogP contribution in [-0.4, -0.2) is 14.0 Å². The third kappa shape index (κ3) is 5.57. The van der Waals surface area contributed by atoms with E-state index in [9.17, 15) is 4.79 Å². The van der Waals surface area contributed by atoms with Gasteiger partial charge in [-0.15, -0.1) is 0 Å². The molecule has 0 aromatic heterocycles. The molecule has 0 spiro atoms. The van der Waals surface area contributed by atoms with E-state index in [4.69, 9.17) is 5.26 Å². The first-order valence-corrected chi connectivity index (χ1v) is 12.6. The van der Waals surface area contributed by atoms with Crippen LogP contribution in [0.4, 0.5) is 5.69 Å². The van der Waals surface area contributed by atoms with E-state index in [1.165, 1.54) is 36.9 Å². The fraction of sp³-hybridized carbons (Fsp3) is 0.364. The number of nitriles is 1. The monoisotopic (exact) mass is 364 g/mol. The summed E-state index contributed by atoms with van der Waals surface area (Å²) in [5.41, 5.74) is 1.94. The Kier molecular flexibility index (Phi) is 7.17. The van der Waals surface area contributed by atoms with Crippen molar-refractivity contribution in [1.82, 2.24) is 0 Å². The first-order chi connectivity index (χ1) is 12.5. The smallest absolute Gasteiger partial charge is 0.255 e. The van der Waals surface area contributed by atoms with Gasteiger partial charge >= 0.3 is 0 Å². The number of benzene rings is 2. The van der Waals surface area contributed by atoms with E-state index in [0.717, 1.165) is 0 Å². The van der Waals surface area contributed by atoms with Gasteiger partial charge in [-0.05, 0) is 36.4 Å². The van der Waals surface area contributed by atoms with E-state index in [0.29, 0.717) is 16.8 Å². The molecule has 0 saturated carbocycles. The van der Waals surface area contributed by atoms with Crippen molar-refractivity contribution in [3.8, 4) is 6.07 Å². The van der Waals surface area contributed by atoms with Gasteiger partial charge in [-0.25, -0.2) is 0 Å². The van der Waals surface area contributed by atoms with E-state index in [1.54, 1.807) is 24.3 Å². The first kappa shape index (κ1) is 19.9. The van der Waals surface area contributed by atoms with Gasteiger partial charge in [-0.1, -0.05) is 69.1 Å². The van der Waals surface area contributed by atoms with Crippen molar-refractivity contribution in [2.24, 2.45) is 0 Å². The minimum atomic E-state index is -1.43. The molecule has 0 heterocycles.